The first-order chi connectivity index (χ1) is 16.7. The number of benzene rings is 4. The summed E-state index contributed by atoms with van der Waals surface area (Å²) in [6.45, 7) is 0.857. The lowest BCUT2D eigenvalue weighted by Crippen LogP contribution is -2.26. The molecule has 0 aliphatic heterocycles. The first-order valence-electron chi connectivity index (χ1n) is 11.6. The van der Waals surface area contributed by atoms with Crippen molar-refractivity contribution in [3.63, 3.8) is 0 Å². The fourth-order valence-corrected chi connectivity index (χ4v) is 4.60. The fraction of sp³-hybridized carbons (Fsp3) is 0.167. The summed E-state index contributed by atoms with van der Waals surface area (Å²) in [5.74, 6) is 0.931. The van der Waals surface area contributed by atoms with Gasteiger partial charge in [-0.3, -0.25) is 0 Å². The number of amides is 1. The van der Waals surface area contributed by atoms with Crippen LogP contribution < -0.4 is 10.1 Å². The molecule has 0 atom stereocenters. The average molecular weight is 450 g/mol. The molecular weight excluding hydrogens is 422 g/mol. The van der Waals surface area contributed by atoms with Crippen molar-refractivity contribution in [2.75, 3.05) is 20.3 Å². The maximum atomic E-state index is 12.3. The second-order valence-corrected chi connectivity index (χ2v) is 8.42. The first kappa shape index (κ1) is 21.8. The Kier molecular flexibility index (Phi) is 6.30. The summed E-state index contributed by atoms with van der Waals surface area (Å²) >= 11 is 0. The molecule has 0 aromatic heterocycles. The van der Waals surface area contributed by atoms with E-state index in [9.17, 15) is 4.79 Å². The summed E-state index contributed by atoms with van der Waals surface area (Å²) in [4.78, 5) is 12.3. The molecule has 34 heavy (non-hydrogen) atoms. The molecule has 4 nitrogen and oxygen atoms in total. The van der Waals surface area contributed by atoms with Gasteiger partial charge in [0.1, 0.15) is 12.4 Å². The lowest BCUT2D eigenvalue weighted by Gasteiger charge is -2.14. The van der Waals surface area contributed by atoms with Gasteiger partial charge in [-0.15, -0.1) is 0 Å². The third-order valence-electron chi connectivity index (χ3n) is 6.31. The molecule has 0 heterocycles. The van der Waals surface area contributed by atoms with Crippen molar-refractivity contribution in [3.8, 4) is 16.9 Å². The van der Waals surface area contributed by atoms with Gasteiger partial charge < -0.3 is 14.8 Å². The Bertz CT molecular complexity index is 1310. The summed E-state index contributed by atoms with van der Waals surface area (Å²) in [5.41, 5.74) is 6.01. The van der Waals surface area contributed by atoms with Crippen LogP contribution in [0.15, 0.2) is 91.0 Å². The second kappa shape index (κ2) is 9.84. The third kappa shape index (κ3) is 4.53. The Balaban J connectivity index is 1.11. The number of ether oxygens (including phenoxy) is 2. The van der Waals surface area contributed by atoms with Crippen molar-refractivity contribution in [2.45, 2.75) is 12.3 Å². The van der Waals surface area contributed by atoms with Gasteiger partial charge in [-0.2, -0.15) is 0 Å². The molecule has 5 rings (SSSR count). The summed E-state index contributed by atoms with van der Waals surface area (Å²) in [6.07, 6.45) is 4.48. The number of alkyl carbamates (subject to hydrolysis) is 1. The molecule has 0 saturated carbocycles. The molecule has 1 aliphatic carbocycles. The van der Waals surface area contributed by atoms with Crippen LogP contribution in [0.5, 0.6) is 5.75 Å². The van der Waals surface area contributed by atoms with Crippen LogP contribution in [0.3, 0.4) is 0 Å². The number of carbonyl (C=O) groups excluding carboxylic acids is 1. The van der Waals surface area contributed by atoms with E-state index in [0.717, 1.165) is 23.1 Å². The second-order valence-electron chi connectivity index (χ2n) is 8.42. The van der Waals surface area contributed by atoms with E-state index in [1.54, 1.807) is 7.11 Å². The number of carbonyl (C=O) groups is 1. The smallest absolute Gasteiger partial charge is 0.407 e. The van der Waals surface area contributed by atoms with Crippen LogP contribution in [-0.2, 0) is 4.74 Å². The summed E-state index contributed by atoms with van der Waals surface area (Å²) in [5, 5.41) is 5.17. The minimum absolute atomic E-state index is 0.0749. The average Bonchev–Trinajstić information content (AvgIpc) is 3.20. The van der Waals surface area contributed by atoms with Gasteiger partial charge in [-0.05, 0) is 63.2 Å². The van der Waals surface area contributed by atoms with Crippen molar-refractivity contribution < 1.29 is 14.3 Å². The van der Waals surface area contributed by atoms with Crippen LogP contribution in [0.25, 0.3) is 28.0 Å². The van der Waals surface area contributed by atoms with Crippen molar-refractivity contribution in [2.24, 2.45) is 0 Å². The Morgan fingerprint density at radius 3 is 2.29 bits per heavy atom. The Labute approximate surface area is 199 Å². The molecule has 0 fully saturated rings. The van der Waals surface area contributed by atoms with E-state index in [2.05, 4.69) is 66.0 Å². The number of methoxy groups -OCH3 is 1. The van der Waals surface area contributed by atoms with E-state index < -0.39 is 0 Å². The minimum Gasteiger partial charge on any atom is -0.497 e. The van der Waals surface area contributed by atoms with Gasteiger partial charge in [0.2, 0.25) is 0 Å². The van der Waals surface area contributed by atoms with Gasteiger partial charge >= 0.3 is 6.09 Å². The molecule has 4 heteroatoms. The predicted molar refractivity (Wildman–Crippen MR) is 137 cm³/mol. The maximum Gasteiger partial charge on any atom is 0.407 e. The molecule has 0 radical (unpaired) electrons. The third-order valence-corrected chi connectivity index (χ3v) is 6.31. The number of nitrogens with one attached hydrogen (secondary N) is 1. The Hall–Kier alpha value is -4.05. The van der Waals surface area contributed by atoms with E-state index in [4.69, 9.17) is 9.47 Å². The quantitative estimate of drug-likeness (QED) is 0.316. The highest BCUT2D eigenvalue weighted by atomic mass is 16.5. The molecule has 1 N–H and O–H groups in total. The molecular formula is C30H27NO3. The van der Waals surface area contributed by atoms with Crippen molar-refractivity contribution >= 4 is 22.9 Å². The zero-order valence-electron chi connectivity index (χ0n) is 19.2. The topological polar surface area (TPSA) is 47.6 Å². The Morgan fingerprint density at radius 1 is 0.882 bits per heavy atom. The number of hydrogen-bond donors (Lipinski definition) is 1. The Morgan fingerprint density at radius 2 is 1.56 bits per heavy atom. The van der Waals surface area contributed by atoms with Crippen LogP contribution in [0.2, 0.25) is 0 Å². The normalized spacial score (nSPS) is 12.5. The minimum atomic E-state index is -0.380. The number of rotatable bonds is 7. The predicted octanol–water partition coefficient (Wildman–Crippen LogP) is 6.79. The number of hydrogen-bond acceptors (Lipinski definition) is 3. The summed E-state index contributed by atoms with van der Waals surface area (Å²) in [6, 6.07) is 29.0. The molecule has 1 aliphatic rings. The van der Waals surface area contributed by atoms with E-state index in [0.29, 0.717) is 13.2 Å². The molecule has 4 aromatic carbocycles. The monoisotopic (exact) mass is 449 g/mol. The molecule has 170 valence electrons. The van der Waals surface area contributed by atoms with Crippen LogP contribution in [0.4, 0.5) is 4.79 Å². The van der Waals surface area contributed by atoms with Crippen LogP contribution >= 0.6 is 0 Å². The van der Waals surface area contributed by atoms with Crippen molar-refractivity contribution in [3.05, 3.63) is 108 Å². The van der Waals surface area contributed by atoms with E-state index in [-0.39, 0.29) is 12.0 Å². The molecule has 0 spiro atoms. The first-order valence-corrected chi connectivity index (χ1v) is 11.6. The fourth-order valence-electron chi connectivity index (χ4n) is 4.60. The summed E-state index contributed by atoms with van der Waals surface area (Å²) in [7, 11) is 1.68. The molecule has 1 amide bonds. The van der Waals surface area contributed by atoms with E-state index >= 15 is 0 Å². The van der Waals surface area contributed by atoms with Gasteiger partial charge in [0.15, 0.2) is 0 Å². The van der Waals surface area contributed by atoms with Crippen LogP contribution in [-0.4, -0.2) is 26.4 Å². The SMILES string of the molecule is COc1ccc2cc(C=CCCNC(=O)OCC3c4ccccc4-c4ccccc43)ccc2c1. The lowest BCUT2D eigenvalue weighted by atomic mass is 9.98. The van der Waals surface area contributed by atoms with Crippen molar-refractivity contribution in [1.29, 1.82) is 0 Å². The molecule has 4 aromatic rings. The van der Waals surface area contributed by atoms with Gasteiger partial charge in [0.25, 0.3) is 0 Å². The van der Waals surface area contributed by atoms with Gasteiger partial charge in [0.05, 0.1) is 7.11 Å². The maximum absolute atomic E-state index is 12.3. The summed E-state index contributed by atoms with van der Waals surface area (Å²) < 4.78 is 10.9. The lowest BCUT2D eigenvalue weighted by molar-refractivity contribution is 0.143. The zero-order valence-corrected chi connectivity index (χ0v) is 19.2. The van der Waals surface area contributed by atoms with Gasteiger partial charge in [-0.1, -0.05) is 78.9 Å². The highest BCUT2D eigenvalue weighted by Crippen LogP contribution is 2.44. The molecule has 0 bridgehead atoms. The highest BCUT2D eigenvalue weighted by Gasteiger charge is 2.28. The standard InChI is InChI=1S/C30H27NO3/c1-33-24-16-15-22-18-21(13-14-23(22)19-24)8-6-7-17-31-30(32)34-20-29-27-11-4-2-9-25(27)26-10-3-5-12-28(26)29/h2-6,8-16,18-19,29H,7,17,20H2,1H3,(H,31,32). The van der Waals surface area contributed by atoms with Crippen molar-refractivity contribution in [1.82, 2.24) is 5.32 Å². The van der Waals surface area contributed by atoms with E-state index in [1.165, 1.54) is 27.6 Å². The van der Waals surface area contributed by atoms with Crippen LogP contribution in [0, 0.1) is 0 Å². The largest absolute Gasteiger partial charge is 0.497 e. The number of fused-ring (bicyclic) bond motifs is 4. The van der Waals surface area contributed by atoms with Gasteiger partial charge in [-0.25, -0.2) is 4.79 Å². The zero-order chi connectivity index (χ0) is 23.3. The van der Waals surface area contributed by atoms with Crippen LogP contribution in [0.1, 0.15) is 29.0 Å². The van der Waals surface area contributed by atoms with Gasteiger partial charge in [0, 0.05) is 12.5 Å². The van der Waals surface area contributed by atoms with E-state index in [1.807, 2.05) is 36.4 Å². The molecule has 0 saturated heterocycles. The molecule has 0 unspecified atom stereocenters. The highest BCUT2D eigenvalue weighted by molar-refractivity contribution is 5.86.